The first kappa shape index (κ1) is 9.83. The number of allylic oxidation sites excluding steroid dienone is 2. The van der Waals surface area contributed by atoms with E-state index in [2.05, 4.69) is 27.7 Å². The Balaban J connectivity index is 2.84. The van der Waals surface area contributed by atoms with Crippen LogP contribution in [0.5, 0.6) is 0 Å². The van der Waals surface area contributed by atoms with Gasteiger partial charge in [0.15, 0.2) is 0 Å². The highest BCUT2D eigenvalue weighted by Gasteiger charge is 2.22. The van der Waals surface area contributed by atoms with Crippen LogP contribution in [0.3, 0.4) is 0 Å². The Morgan fingerprint density at radius 1 is 1.00 bits per heavy atom. The molecule has 1 rings (SSSR count). The van der Waals surface area contributed by atoms with E-state index in [9.17, 15) is 0 Å². The maximum absolute atomic E-state index is 2.39. The highest BCUT2D eigenvalue weighted by molar-refractivity contribution is 5.17. The van der Waals surface area contributed by atoms with Gasteiger partial charge in [-0.25, -0.2) is 0 Å². The van der Waals surface area contributed by atoms with Gasteiger partial charge in [0, 0.05) is 0 Å². The van der Waals surface area contributed by atoms with E-state index in [1.165, 1.54) is 32.1 Å². The van der Waals surface area contributed by atoms with Gasteiger partial charge in [0.1, 0.15) is 0 Å². The van der Waals surface area contributed by atoms with E-state index in [-0.39, 0.29) is 0 Å². The Kier molecular flexibility index (Phi) is 2.98. The second-order valence-electron chi connectivity index (χ2n) is 4.85. The van der Waals surface area contributed by atoms with E-state index >= 15 is 0 Å². The van der Waals surface area contributed by atoms with Crippen LogP contribution in [0.25, 0.3) is 0 Å². The highest BCUT2D eigenvalue weighted by Crippen LogP contribution is 2.37. The predicted molar refractivity (Wildman–Crippen MR) is 55.2 cm³/mol. The van der Waals surface area contributed by atoms with E-state index in [1.807, 2.05) is 0 Å². The SMILES string of the molecule is CC1=C(C)C(C)(C)CCCCC1. The Morgan fingerprint density at radius 2 is 1.67 bits per heavy atom. The molecule has 0 N–H and O–H groups in total. The molecule has 0 saturated carbocycles. The first-order valence-electron chi connectivity index (χ1n) is 5.21. The van der Waals surface area contributed by atoms with Gasteiger partial charge in [-0.3, -0.25) is 0 Å². The lowest BCUT2D eigenvalue weighted by atomic mass is 9.76. The van der Waals surface area contributed by atoms with Crippen molar-refractivity contribution in [1.82, 2.24) is 0 Å². The summed E-state index contributed by atoms with van der Waals surface area (Å²) in [5.41, 5.74) is 3.74. The van der Waals surface area contributed by atoms with Gasteiger partial charge < -0.3 is 0 Å². The molecule has 0 aliphatic heterocycles. The molecular formula is C12H22. The molecule has 12 heavy (non-hydrogen) atoms. The maximum Gasteiger partial charge on any atom is -0.0145 e. The summed E-state index contributed by atoms with van der Waals surface area (Å²) in [4.78, 5) is 0. The molecule has 0 aromatic carbocycles. The smallest absolute Gasteiger partial charge is 0.0145 e. The molecule has 0 spiro atoms. The molecule has 0 heterocycles. The minimum absolute atomic E-state index is 0.463. The highest BCUT2D eigenvalue weighted by atomic mass is 14.3. The topological polar surface area (TPSA) is 0 Å². The standard InChI is InChI=1S/C12H22/c1-10-8-6-5-7-9-12(3,4)11(10)2/h5-9H2,1-4H3. The molecule has 1 aliphatic carbocycles. The molecule has 0 bridgehead atoms. The fourth-order valence-electron chi connectivity index (χ4n) is 2.09. The van der Waals surface area contributed by atoms with Crippen LogP contribution in [-0.4, -0.2) is 0 Å². The lowest BCUT2D eigenvalue weighted by Crippen LogP contribution is -2.15. The third-order valence-electron chi connectivity index (χ3n) is 3.51. The molecule has 0 nitrogen and oxygen atoms in total. The second kappa shape index (κ2) is 3.64. The van der Waals surface area contributed by atoms with E-state index < -0.39 is 0 Å². The van der Waals surface area contributed by atoms with E-state index in [0.29, 0.717) is 5.41 Å². The normalized spacial score (nSPS) is 25.0. The summed E-state index contributed by atoms with van der Waals surface area (Å²) in [6, 6.07) is 0. The zero-order valence-electron chi connectivity index (χ0n) is 9.04. The van der Waals surface area contributed by atoms with Crippen LogP contribution in [-0.2, 0) is 0 Å². The summed E-state index contributed by atoms with van der Waals surface area (Å²) >= 11 is 0. The zero-order valence-corrected chi connectivity index (χ0v) is 9.04. The van der Waals surface area contributed by atoms with Crippen LogP contribution in [0.4, 0.5) is 0 Å². The fourth-order valence-corrected chi connectivity index (χ4v) is 2.09. The van der Waals surface area contributed by atoms with Crippen molar-refractivity contribution in [3.05, 3.63) is 11.1 Å². The fraction of sp³-hybridized carbons (Fsp3) is 0.833. The summed E-state index contributed by atoms with van der Waals surface area (Å²) in [5, 5.41) is 0. The number of hydrogen-bond acceptors (Lipinski definition) is 0. The molecule has 0 fully saturated rings. The third-order valence-corrected chi connectivity index (χ3v) is 3.51. The largest absolute Gasteiger partial charge is 0.0739 e. The van der Waals surface area contributed by atoms with Crippen molar-refractivity contribution in [3.8, 4) is 0 Å². The van der Waals surface area contributed by atoms with Crippen molar-refractivity contribution >= 4 is 0 Å². The summed E-state index contributed by atoms with van der Waals surface area (Å²) in [6.07, 6.45) is 6.94. The zero-order chi connectivity index (χ0) is 9.19. The van der Waals surface area contributed by atoms with Crippen molar-refractivity contribution in [2.24, 2.45) is 5.41 Å². The molecule has 0 radical (unpaired) electrons. The van der Waals surface area contributed by atoms with Crippen LogP contribution >= 0.6 is 0 Å². The first-order valence-corrected chi connectivity index (χ1v) is 5.21. The number of rotatable bonds is 0. The lowest BCUT2D eigenvalue weighted by Gasteiger charge is -2.30. The summed E-state index contributed by atoms with van der Waals surface area (Å²) < 4.78 is 0. The Labute approximate surface area is 77.1 Å². The molecule has 70 valence electrons. The van der Waals surface area contributed by atoms with Crippen molar-refractivity contribution in [2.75, 3.05) is 0 Å². The van der Waals surface area contributed by atoms with Crippen molar-refractivity contribution < 1.29 is 0 Å². The average molecular weight is 166 g/mol. The molecule has 0 atom stereocenters. The molecule has 1 aliphatic rings. The van der Waals surface area contributed by atoms with Gasteiger partial charge in [0.25, 0.3) is 0 Å². The van der Waals surface area contributed by atoms with Crippen LogP contribution in [0.15, 0.2) is 11.1 Å². The minimum atomic E-state index is 0.463. The van der Waals surface area contributed by atoms with E-state index in [4.69, 9.17) is 0 Å². The molecule has 0 aromatic heterocycles. The predicted octanol–water partition coefficient (Wildman–Crippen LogP) is 4.31. The van der Waals surface area contributed by atoms with Gasteiger partial charge >= 0.3 is 0 Å². The van der Waals surface area contributed by atoms with Gasteiger partial charge in [0.05, 0.1) is 0 Å². The van der Waals surface area contributed by atoms with Gasteiger partial charge in [-0.15, -0.1) is 0 Å². The Bertz CT molecular complexity index is 184. The maximum atomic E-state index is 2.39. The number of hydrogen-bond donors (Lipinski definition) is 0. The molecular weight excluding hydrogens is 144 g/mol. The molecule has 0 saturated heterocycles. The molecule has 0 amide bonds. The summed E-state index contributed by atoms with van der Waals surface area (Å²) in [6.45, 7) is 9.40. The minimum Gasteiger partial charge on any atom is -0.0739 e. The monoisotopic (exact) mass is 166 g/mol. The van der Waals surface area contributed by atoms with Gasteiger partial charge in [0.2, 0.25) is 0 Å². The Morgan fingerprint density at radius 3 is 2.33 bits per heavy atom. The molecule has 0 unspecified atom stereocenters. The average Bonchev–Trinajstić information content (AvgIpc) is 2.00. The molecule has 0 heteroatoms. The van der Waals surface area contributed by atoms with Crippen molar-refractivity contribution in [1.29, 1.82) is 0 Å². The first-order chi connectivity index (χ1) is 5.54. The van der Waals surface area contributed by atoms with Gasteiger partial charge in [-0.2, -0.15) is 0 Å². The van der Waals surface area contributed by atoms with Gasteiger partial charge in [-0.1, -0.05) is 37.8 Å². The summed E-state index contributed by atoms with van der Waals surface area (Å²) in [7, 11) is 0. The lowest BCUT2D eigenvalue weighted by molar-refractivity contribution is 0.370. The van der Waals surface area contributed by atoms with E-state index in [1.54, 1.807) is 11.1 Å². The molecule has 0 aromatic rings. The summed E-state index contributed by atoms with van der Waals surface area (Å²) in [5.74, 6) is 0. The van der Waals surface area contributed by atoms with Crippen LogP contribution in [0.1, 0.15) is 59.8 Å². The van der Waals surface area contributed by atoms with Crippen LogP contribution < -0.4 is 0 Å². The van der Waals surface area contributed by atoms with Crippen molar-refractivity contribution in [3.63, 3.8) is 0 Å². The van der Waals surface area contributed by atoms with Gasteiger partial charge in [-0.05, 0) is 38.5 Å². The van der Waals surface area contributed by atoms with E-state index in [0.717, 1.165) is 0 Å². The second-order valence-corrected chi connectivity index (χ2v) is 4.85. The van der Waals surface area contributed by atoms with Crippen LogP contribution in [0, 0.1) is 5.41 Å². The quantitative estimate of drug-likeness (QED) is 0.470. The third kappa shape index (κ3) is 2.12. The van der Waals surface area contributed by atoms with Crippen LogP contribution in [0.2, 0.25) is 0 Å². The Hall–Kier alpha value is -0.260. The van der Waals surface area contributed by atoms with Crippen molar-refractivity contribution in [2.45, 2.75) is 59.8 Å².